The quantitative estimate of drug-likeness (QED) is 0.653. The van der Waals surface area contributed by atoms with Crippen molar-refractivity contribution in [2.24, 2.45) is 0 Å². The molecule has 0 aliphatic carbocycles. The van der Waals surface area contributed by atoms with Crippen LogP contribution >= 0.6 is 0 Å². The van der Waals surface area contributed by atoms with Crippen molar-refractivity contribution in [1.82, 2.24) is 5.32 Å². The van der Waals surface area contributed by atoms with Crippen LogP contribution in [-0.2, 0) is 4.79 Å². The second-order valence-electron chi connectivity index (χ2n) is 6.87. The molecule has 4 nitrogen and oxygen atoms in total. The fourth-order valence-corrected chi connectivity index (χ4v) is 3.03. The van der Waals surface area contributed by atoms with Gasteiger partial charge in [0.1, 0.15) is 0 Å². The molecule has 3 aromatic rings. The predicted molar refractivity (Wildman–Crippen MR) is 112 cm³/mol. The highest BCUT2D eigenvalue weighted by Gasteiger charge is 2.19. The van der Waals surface area contributed by atoms with E-state index in [2.05, 4.69) is 10.6 Å². The van der Waals surface area contributed by atoms with Crippen LogP contribution < -0.4 is 10.6 Å². The Morgan fingerprint density at radius 1 is 0.857 bits per heavy atom. The second kappa shape index (κ2) is 9.00. The van der Waals surface area contributed by atoms with Crippen LogP contribution in [0.25, 0.3) is 0 Å². The van der Waals surface area contributed by atoms with Crippen LogP contribution in [0.15, 0.2) is 78.9 Å². The zero-order valence-electron chi connectivity index (χ0n) is 16.1. The van der Waals surface area contributed by atoms with Crippen LogP contribution in [0.3, 0.4) is 0 Å². The number of anilines is 1. The number of rotatable bonds is 6. The standard InChI is InChI=1S/C24H24N2O2/c1-17-13-14-18(2)21(15-17)25-23(27)16-22(19-9-5-3-6-10-19)26-24(28)20-11-7-4-8-12-20/h3-15,22H,16H2,1-2H3,(H,25,27)(H,26,28)/t22-/m0/s1. The Kier molecular flexibility index (Phi) is 6.22. The first kappa shape index (κ1) is 19.4. The molecule has 0 radical (unpaired) electrons. The summed E-state index contributed by atoms with van der Waals surface area (Å²) in [6.07, 6.45) is 0.149. The van der Waals surface area contributed by atoms with Gasteiger partial charge in [0, 0.05) is 11.3 Å². The Morgan fingerprint density at radius 2 is 1.50 bits per heavy atom. The highest BCUT2D eigenvalue weighted by atomic mass is 16.2. The molecule has 2 amide bonds. The summed E-state index contributed by atoms with van der Waals surface area (Å²) in [6, 6.07) is 24.1. The van der Waals surface area contributed by atoms with E-state index in [9.17, 15) is 9.59 Å². The highest BCUT2D eigenvalue weighted by Crippen LogP contribution is 2.21. The van der Waals surface area contributed by atoms with Crippen molar-refractivity contribution in [3.63, 3.8) is 0 Å². The molecule has 1 atom stereocenters. The summed E-state index contributed by atoms with van der Waals surface area (Å²) in [5, 5.41) is 5.97. The lowest BCUT2D eigenvalue weighted by Gasteiger charge is -2.19. The molecule has 0 saturated heterocycles. The van der Waals surface area contributed by atoms with Gasteiger partial charge in [0.05, 0.1) is 12.5 Å². The number of nitrogens with one attached hydrogen (secondary N) is 2. The number of carbonyl (C=O) groups is 2. The van der Waals surface area contributed by atoms with E-state index in [1.807, 2.05) is 80.6 Å². The largest absolute Gasteiger partial charge is 0.345 e. The first-order valence-corrected chi connectivity index (χ1v) is 9.31. The summed E-state index contributed by atoms with van der Waals surface area (Å²) < 4.78 is 0. The van der Waals surface area contributed by atoms with Crippen molar-refractivity contribution in [2.75, 3.05) is 5.32 Å². The average Bonchev–Trinajstić information content (AvgIpc) is 2.71. The van der Waals surface area contributed by atoms with Crippen molar-refractivity contribution in [3.05, 3.63) is 101 Å². The number of hydrogen-bond donors (Lipinski definition) is 2. The molecule has 0 aliphatic heterocycles. The molecule has 0 aromatic heterocycles. The zero-order chi connectivity index (χ0) is 19.9. The van der Waals surface area contributed by atoms with E-state index in [1.54, 1.807) is 12.1 Å². The molecule has 0 unspecified atom stereocenters. The van der Waals surface area contributed by atoms with Crippen molar-refractivity contribution < 1.29 is 9.59 Å². The van der Waals surface area contributed by atoms with E-state index >= 15 is 0 Å². The molecule has 3 rings (SSSR count). The van der Waals surface area contributed by atoms with Gasteiger partial charge < -0.3 is 10.6 Å². The lowest BCUT2D eigenvalue weighted by Crippen LogP contribution is -2.31. The minimum absolute atomic E-state index is 0.143. The Bertz CT molecular complexity index is 953. The Hall–Kier alpha value is -3.40. The third-order valence-electron chi connectivity index (χ3n) is 4.60. The van der Waals surface area contributed by atoms with Gasteiger partial charge in [-0.15, -0.1) is 0 Å². The average molecular weight is 372 g/mol. The summed E-state index contributed by atoms with van der Waals surface area (Å²) in [6.45, 7) is 3.95. The van der Waals surface area contributed by atoms with E-state index in [0.717, 1.165) is 22.4 Å². The summed E-state index contributed by atoms with van der Waals surface area (Å²) in [5.41, 5.74) is 4.34. The third-order valence-corrected chi connectivity index (χ3v) is 4.60. The van der Waals surface area contributed by atoms with Crippen molar-refractivity contribution in [2.45, 2.75) is 26.3 Å². The highest BCUT2D eigenvalue weighted by molar-refractivity contribution is 5.96. The number of aryl methyl sites for hydroxylation is 2. The normalized spacial score (nSPS) is 11.5. The summed E-state index contributed by atoms with van der Waals surface area (Å²) >= 11 is 0. The topological polar surface area (TPSA) is 58.2 Å². The van der Waals surface area contributed by atoms with Gasteiger partial charge in [0.2, 0.25) is 5.91 Å². The van der Waals surface area contributed by atoms with Crippen LogP contribution in [-0.4, -0.2) is 11.8 Å². The van der Waals surface area contributed by atoms with E-state index < -0.39 is 6.04 Å². The molecule has 2 N–H and O–H groups in total. The first-order chi connectivity index (χ1) is 13.5. The van der Waals surface area contributed by atoms with E-state index in [4.69, 9.17) is 0 Å². The Labute approximate surface area is 165 Å². The van der Waals surface area contributed by atoms with Gasteiger partial charge in [-0.05, 0) is 48.7 Å². The molecule has 3 aromatic carbocycles. The molecule has 142 valence electrons. The molecule has 0 saturated carbocycles. The van der Waals surface area contributed by atoms with Crippen LogP contribution in [0.5, 0.6) is 0 Å². The molecule has 0 bridgehead atoms. The maximum Gasteiger partial charge on any atom is 0.251 e. The van der Waals surface area contributed by atoms with E-state index in [-0.39, 0.29) is 18.2 Å². The molecule has 0 aliphatic rings. The number of carbonyl (C=O) groups excluding carboxylic acids is 2. The molecular formula is C24H24N2O2. The van der Waals surface area contributed by atoms with Crippen LogP contribution in [0.2, 0.25) is 0 Å². The van der Waals surface area contributed by atoms with E-state index in [0.29, 0.717) is 5.56 Å². The van der Waals surface area contributed by atoms with Gasteiger partial charge in [0.15, 0.2) is 0 Å². The maximum absolute atomic E-state index is 12.7. The van der Waals surface area contributed by atoms with Gasteiger partial charge in [0.25, 0.3) is 5.91 Å². The van der Waals surface area contributed by atoms with Crippen LogP contribution in [0, 0.1) is 13.8 Å². The van der Waals surface area contributed by atoms with Gasteiger partial charge in [-0.25, -0.2) is 0 Å². The van der Waals surface area contributed by atoms with Crippen LogP contribution in [0.1, 0.15) is 39.5 Å². The molecular weight excluding hydrogens is 348 g/mol. The maximum atomic E-state index is 12.7. The smallest absolute Gasteiger partial charge is 0.251 e. The Balaban J connectivity index is 1.76. The summed E-state index contributed by atoms with van der Waals surface area (Å²) in [5.74, 6) is -0.343. The number of amides is 2. The van der Waals surface area contributed by atoms with Gasteiger partial charge in [-0.1, -0.05) is 60.7 Å². The van der Waals surface area contributed by atoms with Gasteiger partial charge in [-0.3, -0.25) is 9.59 Å². The Morgan fingerprint density at radius 3 is 2.18 bits per heavy atom. The van der Waals surface area contributed by atoms with Crippen molar-refractivity contribution in [1.29, 1.82) is 0 Å². The summed E-state index contributed by atoms with van der Waals surface area (Å²) in [7, 11) is 0. The SMILES string of the molecule is Cc1ccc(C)c(NC(=O)C[C@H](NC(=O)c2ccccc2)c2ccccc2)c1. The minimum Gasteiger partial charge on any atom is -0.345 e. The van der Waals surface area contributed by atoms with Crippen molar-refractivity contribution in [3.8, 4) is 0 Å². The third kappa shape index (κ3) is 5.07. The molecule has 0 fully saturated rings. The van der Waals surface area contributed by atoms with Gasteiger partial charge in [-0.2, -0.15) is 0 Å². The van der Waals surface area contributed by atoms with E-state index in [1.165, 1.54) is 0 Å². The monoisotopic (exact) mass is 372 g/mol. The fraction of sp³-hybridized carbons (Fsp3) is 0.167. The molecule has 0 spiro atoms. The second-order valence-corrected chi connectivity index (χ2v) is 6.87. The fourth-order valence-electron chi connectivity index (χ4n) is 3.03. The number of benzene rings is 3. The first-order valence-electron chi connectivity index (χ1n) is 9.31. The van der Waals surface area contributed by atoms with Crippen LogP contribution in [0.4, 0.5) is 5.69 Å². The number of hydrogen-bond acceptors (Lipinski definition) is 2. The molecule has 4 heteroatoms. The predicted octanol–water partition coefficient (Wildman–Crippen LogP) is 4.80. The minimum atomic E-state index is -0.418. The molecule has 28 heavy (non-hydrogen) atoms. The zero-order valence-corrected chi connectivity index (χ0v) is 16.1. The summed E-state index contributed by atoms with van der Waals surface area (Å²) in [4.78, 5) is 25.3. The molecule has 0 heterocycles. The lowest BCUT2D eigenvalue weighted by molar-refractivity contribution is -0.116. The van der Waals surface area contributed by atoms with Crippen molar-refractivity contribution >= 4 is 17.5 Å². The van der Waals surface area contributed by atoms with Gasteiger partial charge >= 0.3 is 0 Å². The lowest BCUT2D eigenvalue weighted by atomic mass is 10.0.